The summed E-state index contributed by atoms with van der Waals surface area (Å²) in [6.45, 7) is 1.77. The number of ether oxygens (including phenoxy) is 4. The number of aryl methyl sites for hydroxylation is 1. The molecule has 1 saturated carbocycles. The van der Waals surface area contributed by atoms with Crippen LogP contribution in [0.1, 0.15) is 39.1 Å². The summed E-state index contributed by atoms with van der Waals surface area (Å²) in [5.41, 5.74) is -1.63. The average molecular weight is 490 g/mol. The lowest BCUT2D eigenvalue weighted by atomic mass is 9.79. The molecule has 0 saturated heterocycles. The number of hydrogen-bond acceptors (Lipinski definition) is 10. The lowest BCUT2D eigenvalue weighted by Crippen LogP contribution is -2.58. The average Bonchev–Trinajstić information content (AvgIpc) is 2.81. The Morgan fingerprint density at radius 1 is 0.914 bits per heavy atom. The van der Waals surface area contributed by atoms with E-state index in [-0.39, 0.29) is 22.6 Å². The van der Waals surface area contributed by atoms with Crippen LogP contribution in [-0.2, 0) is 14.3 Å². The summed E-state index contributed by atoms with van der Waals surface area (Å²) in [6.07, 6.45) is -5.95. The summed E-state index contributed by atoms with van der Waals surface area (Å²) in [7, 11) is 2.72. The van der Waals surface area contributed by atoms with Gasteiger partial charge in [-0.05, 0) is 42.8 Å². The Balaban J connectivity index is 1.88. The fourth-order valence-corrected chi connectivity index (χ4v) is 3.83. The summed E-state index contributed by atoms with van der Waals surface area (Å²) in [4.78, 5) is 37.2. The first kappa shape index (κ1) is 25.8. The number of esters is 2. The molecular weight excluding hydrogens is 464 g/mol. The van der Waals surface area contributed by atoms with Crippen LogP contribution in [0.5, 0.6) is 17.2 Å². The van der Waals surface area contributed by atoms with E-state index >= 15 is 0 Å². The van der Waals surface area contributed by atoms with Crippen LogP contribution in [0.25, 0.3) is 0 Å². The molecule has 2 aromatic rings. The van der Waals surface area contributed by atoms with Crippen molar-refractivity contribution < 1.29 is 53.8 Å². The van der Waals surface area contributed by atoms with Crippen LogP contribution in [0.15, 0.2) is 36.4 Å². The molecule has 4 unspecified atom stereocenters. The first-order valence-electron chi connectivity index (χ1n) is 10.6. The zero-order valence-corrected chi connectivity index (χ0v) is 19.3. The minimum absolute atomic E-state index is 0.000177. The maximum atomic E-state index is 12.8. The number of benzene rings is 2. The van der Waals surface area contributed by atoms with E-state index in [2.05, 4.69) is 0 Å². The molecule has 2 aromatic carbocycles. The third-order valence-electron chi connectivity index (χ3n) is 5.79. The van der Waals surface area contributed by atoms with Gasteiger partial charge in [-0.2, -0.15) is 0 Å². The highest BCUT2D eigenvalue weighted by molar-refractivity contribution is 5.91. The van der Waals surface area contributed by atoms with E-state index in [0.717, 1.165) is 5.56 Å². The lowest BCUT2D eigenvalue weighted by Gasteiger charge is -2.40. The van der Waals surface area contributed by atoms with Gasteiger partial charge in [0.05, 0.1) is 31.5 Å². The molecule has 0 bridgehead atoms. The van der Waals surface area contributed by atoms with Crippen molar-refractivity contribution in [2.45, 2.75) is 43.7 Å². The Kier molecular flexibility index (Phi) is 7.51. The molecule has 188 valence electrons. The summed E-state index contributed by atoms with van der Waals surface area (Å²) in [5.74, 6) is -3.28. The number of carbonyl (C=O) groups is 3. The number of rotatable bonds is 7. The minimum Gasteiger partial charge on any atom is -0.504 e. The Morgan fingerprint density at radius 2 is 1.49 bits per heavy atom. The second-order valence-electron chi connectivity index (χ2n) is 8.20. The van der Waals surface area contributed by atoms with Gasteiger partial charge in [-0.1, -0.05) is 6.07 Å². The number of carboxylic acid groups (broad SMARTS) is 1. The highest BCUT2D eigenvalue weighted by Gasteiger charge is 2.52. The molecule has 4 atom stereocenters. The number of aliphatic hydroxyl groups is 2. The molecule has 1 aliphatic carbocycles. The second-order valence-corrected chi connectivity index (χ2v) is 8.20. The fourth-order valence-electron chi connectivity index (χ4n) is 3.83. The van der Waals surface area contributed by atoms with Crippen LogP contribution in [0.4, 0.5) is 0 Å². The van der Waals surface area contributed by atoms with Gasteiger partial charge in [-0.25, -0.2) is 14.4 Å². The number of methoxy groups -OCH3 is 2. The van der Waals surface area contributed by atoms with E-state index in [1.54, 1.807) is 13.0 Å². The highest BCUT2D eigenvalue weighted by Crippen LogP contribution is 2.35. The van der Waals surface area contributed by atoms with Crippen molar-refractivity contribution in [3.8, 4) is 17.2 Å². The number of phenolic OH excluding ortho intramolecular Hbond substituents is 1. The van der Waals surface area contributed by atoms with E-state index in [1.807, 2.05) is 0 Å². The molecule has 1 fully saturated rings. The Labute approximate surface area is 200 Å². The van der Waals surface area contributed by atoms with E-state index < -0.39 is 54.7 Å². The molecule has 35 heavy (non-hydrogen) atoms. The molecule has 0 radical (unpaired) electrons. The van der Waals surface area contributed by atoms with Crippen molar-refractivity contribution >= 4 is 17.9 Å². The maximum absolute atomic E-state index is 12.8. The van der Waals surface area contributed by atoms with Gasteiger partial charge >= 0.3 is 17.9 Å². The van der Waals surface area contributed by atoms with Crippen LogP contribution in [0.2, 0.25) is 0 Å². The van der Waals surface area contributed by atoms with Crippen molar-refractivity contribution in [2.24, 2.45) is 0 Å². The standard InChI is InChI=1S/C24H26O11/c1-12-4-5-13(8-17(12)32-2)21(27)34-19-11-24(31,23(29)30)10-16(26)20(19)35-22(28)14-6-7-15(25)18(9-14)33-3/h4-9,16,19-20,25-26,31H,10-11H2,1-3H3,(H,29,30). The molecule has 11 heteroatoms. The van der Waals surface area contributed by atoms with E-state index in [9.17, 15) is 34.8 Å². The van der Waals surface area contributed by atoms with Gasteiger partial charge in [0.2, 0.25) is 0 Å². The van der Waals surface area contributed by atoms with Gasteiger partial charge in [-0.15, -0.1) is 0 Å². The highest BCUT2D eigenvalue weighted by atomic mass is 16.6. The van der Waals surface area contributed by atoms with Crippen molar-refractivity contribution in [3.05, 3.63) is 53.1 Å². The fraction of sp³-hybridized carbons (Fsp3) is 0.375. The predicted molar refractivity (Wildman–Crippen MR) is 119 cm³/mol. The quantitative estimate of drug-likeness (QED) is 0.414. The zero-order chi connectivity index (χ0) is 25.9. The predicted octanol–water partition coefficient (Wildman–Crippen LogP) is 1.44. The second kappa shape index (κ2) is 10.2. The number of carbonyl (C=O) groups excluding carboxylic acids is 2. The maximum Gasteiger partial charge on any atom is 0.338 e. The van der Waals surface area contributed by atoms with Gasteiger partial charge in [0.1, 0.15) is 11.9 Å². The summed E-state index contributed by atoms with van der Waals surface area (Å²) in [5, 5.41) is 40.3. The van der Waals surface area contributed by atoms with Crippen molar-refractivity contribution in [1.29, 1.82) is 0 Å². The van der Waals surface area contributed by atoms with Crippen molar-refractivity contribution in [3.63, 3.8) is 0 Å². The third-order valence-corrected chi connectivity index (χ3v) is 5.79. The number of hydrogen-bond donors (Lipinski definition) is 4. The number of phenols is 1. The number of aromatic hydroxyl groups is 1. The van der Waals surface area contributed by atoms with Gasteiger partial charge < -0.3 is 39.4 Å². The van der Waals surface area contributed by atoms with Crippen LogP contribution in [0, 0.1) is 6.92 Å². The minimum atomic E-state index is -2.42. The Bertz CT molecular complexity index is 1130. The lowest BCUT2D eigenvalue weighted by molar-refractivity contribution is -0.187. The van der Waals surface area contributed by atoms with E-state index in [1.165, 1.54) is 44.6 Å². The Morgan fingerprint density at radius 3 is 2.09 bits per heavy atom. The molecule has 11 nitrogen and oxygen atoms in total. The van der Waals surface area contributed by atoms with Crippen LogP contribution in [-0.4, -0.2) is 76.5 Å². The van der Waals surface area contributed by atoms with E-state index in [4.69, 9.17) is 18.9 Å². The zero-order valence-electron chi connectivity index (χ0n) is 19.3. The largest absolute Gasteiger partial charge is 0.504 e. The number of aliphatic carboxylic acids is 1. The molecule has 0 aliphatic heterocycles. The van der Waals surface area contributed by atoms with Crippen molar-refractivity contribution in [1.82, 2.24) is 0 Å². The molecule has 0 spiro atoms. The number of aliphatic hydroxyl groups excluding tert-OH is 1. The molecule has 0 amide bonds. The summed E-state index contributed by atoms with van der Waals surface area (Å²) in [6, 6.07) is 8.17. The monoisotopic (exact) mass is 490 g/mol. The topological polar surface area (TPSA) is 169 Å². The normalized spacial score (nSPS) is 23.7. The van der Waals surface area contributed by atoms with Gasteiger partial charge in [0, 0.05) is 12.8 Å². The smallest absolute Gasteiger partial charge is 0.338 e. The molecule has 0 heterocycles. The number of carboxylic acids is 1. The van der Waals surface area contributed by atoms with E-state index in [0.29, 0.717) is 5.75 Å². The summed E-state index contributed by atoms with van der Waals surface area (Å²) < 4.78 is 21.0. The first-order valence-corrected chi connectivity index (χ1v) is 10.6. The molecule has 0 aromatic heterocycles. The van der Waals surface area contributed by atoms with Gasteiger partial charge in [-0.3, -0.25) is 0 Å². The molecule has 1 aliphatic rings. The van der Waals surface area contributed by atoms with Gasteiger partial charge in [0.15, 0.2) is 23.2 Å². The van der Waals surface area contributed by atoms with Crippen LogP contribution < -0.4 is 9.47 Å². The SMILES string of the molecule is COc1cc(C(=O)OC2CC(O)(C(=O)O)CC(O)C2OC(=O)c2ccc(O)c(OC)c2)ccc1C. The molecular formula is C24H26O11. The Hall–Kier alpha value is -3.83. The molecule has 4 N–H and O–H groups in total. The third kappa shape index (κ3) is 5.47. The van der Waals surface area contributed by atoms with Crippen molar-refractivity contribution in [2.75, 3.05) is 14.2 Å². The van der Waals surface area contributed by atoms with Crippen LogP contribution >= 0.6 is 0 Å². The van der Waals surface area contributed by atoms with Gasteiger partial charge in [0.25, 0.3) is 0 Å². The first-order chi connectivity index (χ1) is 16.5. The summed E-state index contributed by atoms with van der Waals surface area (Å²) >= 11 is 0. The molecule has 3 rings (SSSR count). The van der Waals surface area contributed by atoms with Crippen LogP contribution in [0.3, 0.4) is 0 Å².